The monoisotopic (exact) mass is 1450 g/mol. The molecule has 554 valence electrons. The number of rotatable bonds is 16. The predicted octanol–water partition coefficient (Wildman–Crippen LogP) is 10.1. The minimum atomic E-state index is -0.995. The fourth-order valence-electron chi connectivity index (χ4n) is 10.1. The number of fused-ring (bicyclic) bond motifs is 4. The van der Waals surface area contributed by atoms with Gasteiger partial charge in [0.05, 0.1) is 72.2 Å². The third kappa shape index (κ3) is 24.5. The van der Waals surface area contributed by atoms with Crippen LogP contribution in [0, 0.1) is 23.0 Å². The number of halogens is 2. The number of allylic oxidation sites excluding steroid dienone is 4. The summed E-state index contributed by atoms with van der Waals surface area (Å²) in [4.78, 5) is 107. The van der Waals surface area contributed by atoms with E-state index in [1.165, 1.54) is 30.0 Å². The maximum Gasteiger partial charge on any atom is 0.408 e. The zero-order chi connectivity index (χ0) is 77.3. The number of alkyl carbamates (subject to hydrolysis) is 2. The molecule has 106 heavy (non-hydrogen) atoms. The molecule has 29 nitrogen and oxygen atoms in total. The van der Waals surface area contributed by atoms with E-state index in [0.29, 0.717) is 59.4 Å². The highest BCUT2D eigenvalue weighted by atomic mass is 19.2. The Balaban J connectivity index is 0.000000189. The third-order valence-corrected chi connectivity index (χ3v) is 14.6. The summed E-state index contributed by atoms with van der Waals surface area (Å²) in [6.07, 6.45) is 18.5. The van der Waals surface area contributed by atoms with Crippen molar-refractivity contribution in [3.8, 4) is 6.07 Å². The number of nitrogens with two attached hydrogens (primary N) is 1. The molecule has 4 aliphatic rings. The van der Waals surface area contributed by atoms with Crippen molar-refractivity contribution < 1.29 is 75.9 Å². The van der Waals surface area contributed by atoms with Gasteiger partial charge in [-0.05, 0) is 116 Å². The summed E-state index contributed by atoms with van der Waals surface area (Å²) >= 11 is 0. The van der Waals surface area contributed by atoms with Gasteiger partial charge in [-0.1, -0.05) is 70.1 Å². The highest BCUT2D eigenvalue weighted by Gasteiger charge is 2.27. The van der Waals surface area contributed by atoms with Gasteiger partial charge in [-0.15, -0.1) is 0 Å². The SMILES string of the molecule is CC(C)(C)OC(=O)CCc1noc(C2=CCc3ncccc32)n1.CC(C)(C)OC(=O)NC/C(N)=N/O.CC(C)(C)OC(=O)NCC#N.COC(=O)C1=CCc2ncccc21.O=C(CCc1noc(C2=CCc3ncccc32)n1)c1cccn(Cc2ccc(F)c(F)c2)c1=O.O=C(O)C1=CCc2ncccc21. The molecule has 1 aromatic carbocycles. The zero-order valence-electron chi connectivity index (χ0n) is 59.9. The summed E-state index contributed by atoms with van der Waals surface area (Å²) in [6.45, 7) is 16.0. The first kappa shape index (κ1) is 80.6. The van der Waals surface area contributed by atoms with Crippen molar-refractivity contribution in [2.45, 2.75) is 137 Å². The Bertz CT molecular complexity index is 4760. The number of benzene rings is 1. The van der Waals surface area contributed by atoms with Crippen molar-refractivity contribution in [3.05, 3.63) is 236 Å². The smallest absolute Gasteiger partial charge is 0.408 e. The number of ether oxygens (including phenoxy) is 4. The molecule has 0 radical (unpaired) electrons. The Hall–Kier alpha value is -12.8. The topological polar surface area (TPSA) is 417 Å². The van der Waals surface area contributed by atoms with Crippen LogP contribution in [0.3, 0.4) is 0 Å². The molecule has 0 atom stereocenters. The second-order valence-corrected chi connectivity index (χ2v) is 26.2. The Morgan fingerprint density at radius 2 is 1.10 bits per heavy atom. The first-order valence-corrected chi connectivity index (χ1v) is 33.0. The molecular weight excluding hydrogens is 1370 g/mol. The number of ketones is 1. The summed E-state index contributed by atoms with van der Waals surface area (Å²) in [5.74, 6) is -2.13. The van der Waals surface area contributed by atoms with Crippen molar-refractivity contribution in [1.29, 1.82) is 5.26 Å². The van der Waals surface area contributed by atoms with Crippen LogP contribution in [0.5, 0.6) is 0 Å². The van der Waals surface area contributed by atoms with Gasteiger partial charge in [0.1, 0.15) is 23.3 Å². The number of hydrogen-bond donors (Lipinski definition) is 5. The number of esters is 2. The van der Waals surface area contributed by atoms with E-state index in [1.807, 2.05) is 75.4 Å². The first-order valence-electron chi connectivity index (χ1n) is 33.0. The molecule has 7 heterocycles. The fourth-order valence-corrected chi connectivity index (χ4v) is 10.1. The summed E-state index contributed by atoms with van der Waals surface area (Å²) in [5.41, 5.74) is 13.6. The second-order valence-electron chi connectivity index (χ2n) is 26.2. The number of pyridine rings is 5. The summed E-state index contributed by atoms with van der Waals surface area (Å²) in [5, 5.41) is 40.2. The molecule has 0 unspecified atom stereocenters. The van der Waals surface area contributed by atoms with E-state index < -0.39 is 52.2 Å². The molecule has 4 aliphatic carbocycles. The zero-order valence-corrected chi connectivity index (χ0v) is 59.9. The molecule has 12 rings (SSSR count). The van der Waals surface area contributed by atoms with Gasteiger partial charge in [-0.3, -0.25) is 34.3 Å². The Kier molecular flexibility index (Phi) is 28.4. The van der Waals surface area contributed by atoms with Crippen molar-refractivity contribution in [1.82, 2.24) is 55.4 Å². The molecule has 7 aromatic heterocycles. The maximum atomic E-state index is 13.5. The maximum absolute atomic E-state index is 13.5. The lowest BCUT2D eigenvalue weighted by molar-refractivity contribution is -0.154. The average molecular weight is 1460 g/mol. The lowest BCUT2D eigenvalue weighted by atomic mass is 10.1. The number of aromatic nitrogens is 9. The van der Waals surface area contributed by atoms with Crippen molar-refractivity contribution in [3.63, 3.8) is 0 Å². The van der Waals surface area contributed by atoms with Crippen LogP contribution in [0.2, 0.25) is 0 Å². The standard InChI is InChI=1S/C25H18F2N4O3.C17H19N3O3.C10H9NO2.C9H7NO2.C7H15N3O3.C7H12N2O2/c26-19-7-5-15(13-20(19)27)14-31-12-2-4-18(25(31)33)22(32)9-10-23-29-24(34-30-23)17-6-8-21-16(17)3-1-11-28-21;1-17(2,3)22-15(21)9-8-14-19-16(23-20-14)12-6-7-13-11(12)5-4-10-18-13;1-13-10(12)8-4-5-9-7(8)3-2-6-11-9;11-9(12)7-3-4-8-6(7)2-1-5-10-8;1-7(2,3)13-6(11)9-4-5(8)10-12;1-7(2,3)11-6(10)9-5-4-8/h1-7,11-13H,8-10,14H2;4-6,10H,7-9H2,1-3H3;2-4,6H,5H2,1H3;1-3,5H,4H2,(H,11,12);12H,4H2,1-3H3,(H2,8,10)(H,9,11);5H2,1-3H3,(H,9,10). The molecule has 0 saturated heterocycles. The highest BCUT2D eigenvalue weighted by Crippen LogP contribution is 2.33. The quantitative estimate of drug-likeness (QED) is 0.00877. The minimum absolute atomic E-state index is 0.00676. The molecule has 2 amide bonds. The number of amides is 2. The number of carboxylic acids is 1. The van der Waals surface area contributed by atoms with Gasteiger partial charge in [-0.2, -0.15) is 15.2 Å². The van der Waals surface area contributed by atoms with Gasteiger partial charge in [0.2, 0.25) is 0 Å². The van der Waals surface area contributed by atoms with Crippen LogP contribution in [0.4, 0.5) is 18.4 Å². The minimum Gasteiger partial charge on any atom is -0.478 e. The van der Waals surface area contributed by atoms with E-state index in [-0.39, 0.29) is 68.0 Å². The summed E-state index contributed by atoms with van der Waals surface area (Å²) in [7, 11) is 1.39. The number of oxime groups is 1. The molecular formula is C75H80F2N14O15. The number of hydrogen-bond acceptors (Lipinski definition) is 24. The van der Waals surface area contributed by atoms with Gasteiger partial charge in [0, 0.05) is 109 Å². The number of carbonyl (C=O) groups excluding carboxylic acids is 5. The number of nitrogens with one attached hydrogen (secondary N) is 2. The molecule has 0 spiro atoms. The van der Waals surface area contributed by atoms with Crippen molar-refractivity contribution >= 4 is 64.0 Å². The highest BCUT2D eigenvalue weighted by molar-refractivity contribution is 6.18. The number of Topliss-reactive ketones (excluding diaryl/α,β-unsaturated/α-hetero) is 1. The van der Waals surface area contributed by atoms with Crippen LogP contribution in [0.25, 0.3) is 22.3 Å². The number of amidine groups is 1. The first-order chi connectivity index (χ1) is 50.3. The Morgan fingerprint density at radius 1 is 0.632 bits per heavy atom. The van der Waals surface area contributed by atoms with Crippen LogP contribution in [0.1, 0.15) is 160 Å². The Morgan fingerprint density at radius 3 is 1.58 bits per heavy atom. The fraction of sp³-hybridized carbons (Fsp3) is 0.320. The Labute approximate surface area is 608 Å². The largest absolute Gasteiger partial charge is 0.478 e. The lowest BCUT2D eigenvalue weighted by Gasteiger charge is -2.19. The van der Waals surface area contributed by atoms with Crippen LogP contribution in [-0.4, -0.2) is 134 Å². The van der Waals surface area contributed by atoms with Gasteiger partial charge >= 0.3 is 30.1 Å². The number of methoxy groups -OCH3 is 1. The van der Waals surface area contributed by atoms with Gasteiger partial charge in [-0.25, -0.2) is 28.0 Å². The average Bonchev–Trinajstić information content (AvgIpc) is 1.63. The van der Waals surface area contributed by atoms with E-state index in [2.05, 4.69) is 60.7 Å². The number of nitrogens with zero attached hydrogens (tertiary/aromatic N) is 11. The molecule has 0 saturated carbocycles. The van der Waals surface area contributed by atoms with Crippen molar-refractivity contribution in [2.24, 2.45) is 10.9 Å². The number of nitriles is 1. The third-order valence-electron chi connectivity index (χ3n) is 14.6. The molecule has 31 heteroatoms. The van der Waals surface area contributed by atoms with Gasteiger partial charge in [0.25, 0.3) is 17.3 Å². The normalized spacial score (nSPS) is 12.7. The van der Waals surface area contributed by atoms with Gasteiger partial charge in [0.15, 0.2) is 34.9 Å². The van der Waals surface area contributed by atoms with E-state index in [0.717, 1.165) is 81.2 Å². The molecule has 0 bridgehead atoms. The second kappa shape index (κ2) is 37.4. The van der Waals surface area contributed by atoms with E-state index in [9.17, 15) is 42.3 Å². The van der Waals surface area contributed by atoms with Crippen LogP contribution < -0.4 is 21.9 Å². The number of carbonyl (C=O) groups is 6. The van der Waals surface area contributed by atoms with E-state index >= 15 is 0 Å². The van der Waals surface area contributed by atoms with Gasteiger partial charge < -0.3 is 59.2 Å². The van der Waals surface area contributed by atoms with E-state index in [1.54, 1.807) is 96.7 Å². The summed E-state index contributed by atoms with van der Waals surface area (Å²) in [6, 6.07) is 23.1. The molecule has 6 N–H and O–H groups in total. The summed E-state index contributed by atoms with van der Waals surface area (Å²) < 4.78 is 58.3. The number of aliphatic carboxylic acids is 1. The predicted molar refractivity (Wildman–Crippen MR) is 381 cm³/mol. The molecule has 0 aliphatic heterocycles. The molecule has 8 aromatic rings. The number of aryl methyl sites for hydroxylation is 2. The van der Waals surface area contributed by atoms with Crippen molar-refractivity contribution in [2.75, 3.05) is 20.2 Å². The van der Waals surface area contributed by atoms with Crippen LogP contribution in [-0.2, 0) is 78.4 Å². The molecule has 0 fully saturated rings. The van der Waals surface area contributed by atoms with Crippen LogP contribution in [0.15, 0.2) is 153 Å². The lowest BCUT2D eigenvalue weighted by Crippen LogP contribution is -2.37. The number of carboxylic acid groups (broad SMARTS) is 1. The van der Waals surface area contributed by atoms with E-state index in [4.69, 9.17) is 44.6 Å². The van der Waals surface area contributed by atoms with Crippen LogP contribution >= 0.6 is 0 Å².